The van der Waals surface area contributed by atoms with Crippen LogP contribution in [0.5, 0.6) is 5.75 Å². The van der Waals surface area contributed by atoms with Gasteiger partial charge in [0, 0.05) is 16.8 Å². The number of nitrogens with one attached hydrogen (secondary N) is 1. The Morgan fingerprint density at radius 3 is 2.04 bits per heavy atom. The van der Waals surface area contributed by atoms with Crippen LogP contribution in [0, 0.1) is 0 Å². The molecule has 0 fully saturated rings. The highest BCUT2D eigenvalue weighted by Gasteiger charge is 2.07. The number of rotatable bonds is 6. The van der Waals surface area contributed by atoms with E-state index in [1.807, 2.05) is 42.5 Å². The first-order valence-corrected chi connectivity index (χ1v) is 8.10. The third-order valence-corrected chi connectivity index (χ3v) is 3.79. The molecule has 0 aliphatic rings. The fourth-order valence-corrected chi connectivity index (χ4v) is 2.36. The lowest BCUT2D eigenvalue weighted by Gasteiger charge is -2.08. The Kier molecular flexibility index (Phi) is 5.29. The van der Waals surface area contributed by atoms with Gasteiger partial charge in [-0.3, -0.25) is 9.59 Å². The Labute approximate surface area is 151 Å². The molecule has 3 N–H and O–H groups in total. The number of carbonyl (C=O) groups is 2. The number of hydrogen-bond acceptors (Lipinski definition) is 3. The van der Waals surface area contributed by atoms with Gasteiger partial charge in [-0.1, -0.05) is 30.3 Å². The second-order valence-electron chi connectivity index (χ2n) is 5.69. The van der Waals surface area contributed by atoms with Gasteiger partial charge in [0.2, 0.25) is 5.91 Å². The molecule has 3 aromatic carbocycles. The third kappa shape index (κ3) is 4.48. The van der Waals surface area contributed by atoms with Gasteiger partial charge in [0.25, 0.3) is 5.91 Å². The lowest BCUT2D eigenvalue weighted by Crippen LogP contribution is -2.13. The summed E-state index contributed by atoms with van der Waals surface area (Å²) in [5.74, 6) is 0.0669. The number of amides is 2. The minimum atomic E-state index is -0.504. The summed E-state index contributed by atoms with van der Waals surface area (Å²) in [6.07, 6.45) is 0. The molecule has 2 amide bonds. The Hall–Kier alpha value is -3.60. The van der Waals surface area contributed by atoms with Crippen molar-refractivity contribution >= 4 is 17.5 Å². The maximum Gasteiger partial charge on any atom is 0.255 e. The summed E-state index contributed by atoms with van der Waals surface area (Å²) in [5, 5.41) is 2.78. The van der Waals surface area contributed by atoms with Gasteiger partial charge in [-0.25, -0.2) is 0 Å². The van der Waals surface area contributed by atoms with Crippen LogP contribution in [0.3, 0.4) is 0 Å². The van der Waals surface area contributed by atoms with Crippen molar-refractivity contribution in [2.45, 2.75) is 6.61 Å². The van der Waals surface area contributed by atoms with Gasteiger partial charge >= 0.3 is 0 Å². The molecule has 5 nitrogen and oxygen atoms in total. The molecule has 0 aliphatic carbocycles. The summed E-state index contributed by atoms with van der Waals surface area (Å²) in [6.45, 7) is 0.431. The first-order chi connectivity index (χ1) is 12.6. The van der Waals surface area contributed by atoms with Gasteiger partial charge < -0.3 is 15.8 Å². The largest absolute Gasteiger partial charge is 0.489 e. The zero-order valence-corrected chi connectivity index (χ0v) is 14.0. The number of anilines is 1. The molecule has 0 bridgehead atoms. The average Bonchev–Trinajstić information content (AvgIpc) is 2.68. The summed E-state index contributed by atoms with van der Waals surface area (Å²) in [4.78, 5) is 23.3. The summed E-state index contributed by atoms with van der Waals surface area (Å²) in [6, 6.07) is 23.2. The number of carbonyl (C=O) groups excluding carboxylic acids is 2. The Balaban J connectivity index is 1.58. The first-order valence-electron chi connectivity index (χ1n) is 8.10. The van der Waals surface area contributed by atoms with E-state index in [0.717, 1.165) is 11.3 Å². The standard InChI is InChI=1S/C21H18N2O3/c22-20(24)16-10-12-18(13-11-16)23-21(25)17-8-6-15(7-9-17)14-26-19-4-2-1-3-5-19/h1-13H,14H2,(H2,22,24)(H,23,25). The molecule has 0 aromatic heterocycles. The van der Waals surface area contributed by atoms with Crippen LogP contribution in [0.2, 0.25) is 0 Å². The second-order valence-corrected chi connectivity index (χ2v) is 5.69. The highest BCUT2D eigenvalue weighted by molar-refractivity contribution is 6.04. The van der Waals surface area contributed by atoms with Crippen LogP contribution < -0.4 is 15.8 Å². The number of para-hydroxylation sites is 1. The van der Waals surface area contributed by atoms with E-state index in [4.69, 9.17) is 10.5 Å². The van der Waals surface area contributed by atoms with Gasteiger partial charge in [0.05, 0.1) is 0 Å². The molecule has 130 valence electrons. The minimum Gasteiger partial charge on any atom is -0.489 e. The van der Waals surface area contributed by atoms with E-state index in [9.17, 15) is 9.59 Å². The van der Waals surface area contributed by atoms with Crippen LogP contribution in [0.1, 0.15) is 26.3 Å². The van der Waals surface area contributed by atoms with Crippen LogP contribution in [-0.2, 0) is 6.61 Å². The van der Waals surface area contributed by atoms with E-state index in [1.54, 1.807) is 36.4 Å². The molecule has 0 heterocycles. The molecule has 0 unspecified atom stereocenters. The second kappa shape index (κ2) is 7.98. The fourth-order valence-electron chi connectivity index (χ4n) is 2.36. The van der Waals surface area contributed by atoms with Crippen molar-refractivity contribution in [3.05, 3.63) is 95.6 Å². The monoisotopic (exact) mass is 346 g/mol. The Bertz CT molecular complexity index is 889. The summed E-state index contributed by atoms with van der Waals surface area (Å²) >= 11 is 0. The van der Waals surface area contributed by atoms with E-state index < -0.39 is 5.91 Å². The normalized spacial score (nSPS) is 10.2. The van der Waals surface area contributed by atoms with Crippen LogP contribution >= 0.6 is 0 Å². The molecular formula is C21H18N2O3. The molecule has 3 aromatic rings. The van der Waals surface area contributed by atoms with E-state index in [2.05, 4.69) is 5.32 Å². The molecule has 3 rings (SSSR count). The molecule has 0 saturated heterocycles. The van der Waals surface area contributed by atoms with Gasteiger partial charge in [-0.2, -0.15) is 0 Å². The maximum atomic E-state index is 12.3. The molecule has 0 aliphatic heterocycles. The van der Waals surface area contributed by atoms with E-state index >= 15 is 0 Å². The van der Waals surface area contributed by atoms with Crippen molar-refractivity contribution < 1.29 is 14.3 Å². The van der Waals surface area contributed by atoms with E-state index in [1.165, 1.54) is 0 Å². The van der Waals surface area contributed by atoms with E-state index in [0.29, 0.717) is 23.4 Å². The highest BCUT2D eigenvalue weighted by atomic mass is 16.5. The van der Waals surface area contributed by atoms with Crippen molar-refractivity contribution in [3.8, 4) is 5.75 Å². The zero-order valence-electron chi connectivity index (χ0n) is 14.0. The summed E-state index contributed by atoms with van der Waals surface area (Å²) in [5.41, 5.74) is 7.69. The van der Waals surface area contributed by atoms with Crippen molar-refractivity contribution in [3.63, 3.8) is 0 Å². The molecular weight excluding hydrogens is 328 g/mol. The third-order valence-electron chi connectivity index (χ3n) is 3.79. The van der Waals surface area contributed by atoms with Crippen molar-refractivity contribution in [2.24, 2.45) is 5.73 Å². The van der Waals surface area contributed by atoms with Gasteiger partial charge in [-0.15, -0.1) is 0 Å². The zero-order chi connectivity index (χ0) is 18.4. The minimum absolute atomic E-state index is 0.229. The van der Waals surface area contributed by atoms with Gasteiger partial charge in [0.15, 0.2) is 0 Å². The number of nitrogens with two attached hydrogens (primary N) is 1. The fraction of sp³-hybridized carbons (Fsp3) is 0.0476. The topological polar surface area (TPSA) is 81.4 Å². The van der Waals surface area contributed by atoms with Crippen molar-refractivity contribution in [1.82, 2.24) is 0 Å². The SMILES string of the molecule is NC(=O)c1ccc(NC(=O)c2ccc(COc3ccccc3)cc2)cc1. The lowest BCUT2D eigenvalue weighted by atomic mass is 10.1. The predicted molar refractivity (Wildman–Crippen MR) is 100 cm³/mol. The molecule has 0 atom stereocenters. The van der Waals surface area contributed by atoms with E-state index in [-0.39, 0.29) is 5.91 Å². The summed E-state index contributed by atoms with van der Waals surface area (Å²) < 4.78 is 5.68. The molecule has 26 heavy (non-hydrogen) atoms. The number of ether oxygens (including phenoxy) is 1. The molecule has 0 radical (unpaired) electrons. The number of benzene rings is 3. The number of primary amides is 1. The van der Waals surface area contributed by atoms with Crippen molar-refractivity contribution in [2.75, 3.05) is 5.32 Å². The van der Waals surface area contributed by atoms with Crippen molar-refractivity contribution in [1.29, 1.82) is 0 Å². The van der Waals surface area contributed by atoms with Crippen LogP contribution in [0.15, 0.2) is 78.9 Å². The Morgan fingerprint density at radius 2 is 1.42 bits per heavy atom. The molecule has 0 spiro atoms. The molecule has 0 saturated carbocycles. The number of hydrogen-bond donors (Lipinski definition) is 2. The maximum absolute atomic E-state index is 12.3. The average molecular weight is 346 g/mol. The smallest absolute Gasteiger partial charge is 0.255 e. The predicted octanol–water partition coefficient (Wildman–Crippen LogP) is 3.62. The van der Waals surface area contributed by atoms with Crippen LogP contribution in [0.4, 0.5) is 5.69 Å². The van der Waals surface area contributed by atoms with Crippen LogP contribution in [0.25, 0.3) is 0 Å². The first kappa shape index (κ1) is 17.2. The van der Waals surface area contributed by atoms with Gasteiger partial charge in [0.1, 0.15) is 12.4 Å². The molecule has 5 heteroatoms. The quantitative estimate of drug-likeness (QED) is 0.715. The van der Waals surface area contributed by atoms with Crippen LogP contribution in [-0.4, -0.2) is 11.8 Å². The van der Waals surface area contributed by atoms with Gasteiger partial charge in [-0.05, 0) is 54.1 Å². The Morgan fingerprint density at radius 1 is 0.808 bits per heavy atom. The lowest BCUT2D eigenvalue weighted by molar-refractivity contribution is 0.0998. The highest BCUT2D eigenvalue weighted by Crippen LogP contribution is 2.14. The summed E-state index contributed by atoms with van der Waals surface area (Å²) in [7, 11) is 0.